The first kappa shape index (κ1) is 24.1. The molecule has 7 nitrogen and oxygen atoms in total. The van der Waals surface area contributed by atoms with Gasteiger partial charge in [-0.15, -0.1) is 0 Å². The average Bonchev–Trinajstić information content (AvgIpc) is 3.38. The van der Waals surface area contributed by atoms with Crippen molar-refractivity contribution >= 4 is 40.4 Å². The minimum absolute atomic E-state index is 0.159. The number of rotatable bonds is 4. The topological polar surface area (TPSA) is 73.7 Å². The third-order valence-electron chi connectivity index (χ3n) is 5.75. The second-order valence-corrected chi connectivity index (χ2v) is 10.00. The summed E-state index contributed by atoms with van der Waals surface area (Å²) in [4.78, 5) is 32.3. The van der Waals surface area contributed by atoms with E-state index < -0.39 is 11.7 Å². The van der Waals surface area contributed by atoms with Crippen LogP contribution in [0.5, 0.6) is 0 Å². The van der Waals surface area contributed by atoms with E-state index in [1.807, 2.05) is 65.0 Å². The molecule has 34 heavy (non-hydrogen) atoms. The van der Waals surface area contributed by atoms with E-state index in [-0.39, 0.29) is 11.9 Å². The van der Waals surface area contributed by atoms with E-state index >= 15 is 0 Å². The number of aromatic nitrogens is 2. The van der Waals surface area contributed by atoms with Gasteiger partial charge < -0.3 is 14.4 Å². The van der Waals surface area contributed by atoms with Gasteiger partial charge in [-0.1, -0.05) is 17.7 Å². The van der Waals surface area contributed by atoms with Gasteiger partial charge in [-0.2, -0.15) is 0 Å². The lowest BCUT2D eigenvalue weighted by Crippen LogP contribution is -2.27. The van der Waals surface area contributed by atoms with Crippen LogP contribution in [0.3, 0.4) is 0 Å². The zero-order valence-electron chi connectivity index (χ0n) is 20.2. The summed E-state index contributed by atoms with van der Waals surface area (Å²) in [5.41, 5.74) is 3.24. The molecular weight excluding hydrogens is 454 g/mol. The highest BCUT2D eigenvalue weighted by atomic mass is 35.5. The summed E-state index contributed by atoms with van der Waals surface area (Å²) < 4.78 is 12.4. The summed E-state index contributed by atoms with van der Waals surface area (Å²) in [6.45, 7) is 11.0. The van der Waals surface area contributed by atoms with Crippen molar-refractivity contribution in [3.8, 4) is 11.4 Å². The highest BCUT2D eigenvalue weighted by Crippen LogP contribution is 2.36. The van der Waals surface area contributed by atoms with Crippen molar-refractivity contribution in [3.63, 3.8) is 0 Å². The maximum atomic E-state index is 13.2. The van der Waals surface area contributed by atoms with Crippen LogP contribution >= 0.6 is 11.6 Å². The molecule has 1 saturated heterocycles. The molecule has 1 unspecified atom stereocenters. The van der Waals surface area contributed by atoms with Crippen LogP contribution in [0, 0.1) is 12.8 Å². The summed E-state index contributed by atoms with van der Waals surface area (Å²) in [5.74, 6) is 0.0949. The predicted octanol–water partition coefficient (Wildman–Crippen LogP) is 5.84. The molecule has 0 spiro atoms. The van der Waals surface area contributed by atoms with E-state index in [0.29, 0.717) is 40.6 Å². The number of aryl methyl sites for hydroxylation is 1. The number of hydrogen-bond acceptors (Lipinski definition) is 6. The van der Waals surface area contributed by atoms with E-state index in [1.165, 1.54) is 4.57 Å². The fourth-order valence-corrected chi connectivity index (χ4v) is 4.39. The Kier molecular flexibility index (Phi) is 6.58. The lowest BCUT2D eigenvalue weighted by molar-refractivity contribution is -0.147. The second kappa shape index (κ2) is 9.29. The van der Waals surface area contributed by atoms with Crippen LogP contribution in [0.15, 0.2) is 36.4 Å². The first-order valence-electron chi connectivity index (χ1n) is 11.5. The Hall–Kier alpha value is -3.06. The molecule has 0 saturated carbocycles. The van der Waals surface area contributed by atoms with Crippen LogP contribution in [-0.2, 0) is 14.3 Å². The van der Waals surface area contributed by atoms with Crippen LogP contribution < -0.4 is 4.90 Å². The normalized spacial score (nSPS) is 16.2. The van der Waals surface area contributed by atoms with Crippen molar-refractivity contribution in [1.29, 1.82) is 0 Å². The van der Waals surface area contributed by atoms with Gasteiger partial charge in [0.2, 0.25) is 0 Å². The molecule has 0 N–H and O–H groups in total. The van der Waals surface area contributed by atoms with Gasteiger partial charge in [0.15, 0.2) is 5.82 Å². The number of hydrogen-bond donors (Lipinski definition) is 0. The van der Waals surface area contributed by atoms with Crippen molar-refractivity contribution in [2.75, 3.05) is 24.6 Å². The maximum absolute atomic E-state index is 13.2. The van der Waals surface area contributed by atoms with Gasteiger partial charge >= 0.3 is 12.1 Å². The molecule has 1 aliphatic rings. The molecule has 1 fully saturated rings. The number of anilines is 1. The van der Waals surface area contributed by atoms with Crippen molar-refractivity contribution in [1.82, 2.24) is 9.55 Å². The lowest BCUT2D eigenvalue weighted by atomic mass is 10.1. The standard InChI is InChI=1S/C26H30ClN3O4/c1-6-33-24(31)17-11-12-29(15-17)18-8-9-20(27)19(14-18)23-28-21-13-16(2)7-10-22(21)30(23)25(32)34-26(3,4)5/h7-10,13-14,17H,6,11-12,15H2,1-5H3. The minimum Gasteiger partial charge on any atom is -0.466 e. The zero-order valence-corrected chi connectivity index (χ0v) is 21.0. The predicted molar refractivity (Wildman–Crippen MR) is 134 cm³/mol. The van der Waals surface area contributed by atoms with Gasteiger partial charge in [0.05, 0.1) is 28.6 Å². The Balaban J connectivity index is 1.77. The Labute approximate surface area is 204 Å². The van der Waals surface area contributed by atoms with Gasteiger partial charge in [0.1, 0.15) is 5.60 Å². The third kappa shape index (κ3) is 4.89. The molecule has 0 radical (unpaired) electrons. The number of carbonyl (C=O) groups is 2. The largest absolute Gasteiger partial charge is 0.466 e. The Morgan fingerprint density at radius 1 is 1.18 bits per heavy atom. The van der Waals surface area contributed by atoms with E-state index in [4.69, 9.17) is 26.1 Å². The molecule has 1 aliphatic heterocycles. The first-order chi connectivity index (χ1) is 16.1. The minimum atomic E-state index is -0.668. The molecule has 0 aliphatic carbocycles. The van der Waals surface area contributed by atoms with Crippen LogP contribution in [-0.4, -0.2) is 46.9 Å². The number of ether oxygens (including phenoxy) is 2. The van der Waals surface area contributed by atoms with Crippen LogP contribution in [0.25, 0.3) is 22.4 Å². The Morgan fingerprint density at radius 2 is 1.94 bits per heavy atom. The smallest absolute Gasteiger partial charge is 0.420 e. The fraction of sp³-hybridized carbons (Fsp3) is 0.423. The van der Waals surface area contributed by atoms with E-state index in [9.17, 15) is 9.59 Å². The second-order valence-electron chi connectivity index (χ2n) is 9.59. The van der Waals surface area contributed by atoms with Crippen LogP contribution in [0.1, 0.15) is 39.7 Å². The number of esters is 1. The van der Waals surface area contributed by atoms with E-state index in [0.717, 1.165) is 24.2 Å². The molecule has 3 aromatic rings. The SMILES string of the molecule is CCOC(=O)C1CCN(c2ccc(Cl)c(-c3nc4cc(C)ccc4n3C(=O)OC(C)(C)C)c2)C1. The number of fused-ring (bicyclic) bond motifs is 1. The van der Waals surface area contributed by atoms with E-state index in [2.05, 4.69) is 4.90 Å². The molecule has 4 rings (SSSR count). The monoisotopic (exact) mass is 483 g/mol. The molecule has 1 atom stereocenters. The summed E-state index contributed by atoms with van der Waals surface area (Å²) in [6.07, 6.45) is 0.214. The fourth-order valence-electron chi connectivity index (χ4n) is 4.19. The molecule has 0 bridgehead atoms. The van der Waals surface area contributed by atoms with Crippen molar-refractivity contribution in [2.24, 2.45) is 5.92 Å². The van der Waals surface area contributed by atoms with Gasteiger partial charge in [-0.05, 0) is 76.9 Å². The Morgan fingerprint density at radius 3 is 2.65 bits per heavy atom. The quantitative estimate of drug-likeness (QED) is 0.434. The Bertz CT molecular complexity index is 1240. The highest BCUT2D eigenvalue weighted by molar-refractivity contribution is 6.33. The molecule has 180 valence electrons. The van der Waals surface area contributed by atoms with Crippen molar-refractivity contribution < 1.29 is 19.1 Å². The van der Waals surface area contributed by atoms with Crippen LogP contribution in [0.4, 0.5) is 10.5 Å². The van der Waals surface area contributed by atoms with Crippen molar-refractivity contribution in [2.45, 2.75) is 46.6 Å². The van der Waals surface area contributed by atoms with Gasteiger partial charge in [0, 0.05) is 24.3 Å². The summed E-state index contributed by atoms with van der Waals surface area (Å²) in [5, 5.41) is 0.474. The van der Waals surface area contributed by atoms with Gasteiger partial charge in [-0.25, -0.2) is 14.3 Å². The summed E-state index contributed by atoms with van der Waals surface area (Å²) in [6, 6.07) is 11.4. The van der Waals surface area contributed by atoms with Gasteiger partial charge in [0.25, 0.3) is 0 Å². The number of halogens is 1. The van der Waals surface area contributed by atoms with Crippen molar-refractivity contribution in [3.05, 3.63) is 47.0 Å². The van der Waals surface area contributed by atoms with Crippen LogP contribution in [0.2, 0.25) is 5.02 Å². The summed E-state index contributed by atoms with van der Waals surface area (Å²) in [7, 11) is 0. The molecule has 0 amide bonds. The molecule has 1 aromatic heterocycles. The molecule has 2 heterocycles. The number of nitrogens with zero attached hydrogens (tertiary/aromatic N) is 3. The number of benzene rings is 2. The third-order valence-corrected chi connectivity index (χ3v) is 6.08. The molecule has 2 aromatic carbocycles. The molecular formula is C26H30ClN3O4. The lowest BCUT2D eigenvalue weighted by Gasteiger charge is -2.22. The van der Waals surface area contributed by atoms with E-state index in [1.54, 1.807) is 6.07 Å². The highest BCUT2D eigenvalue weighted by Gasteiger charge is 2.30. The maximum Gasteiger partial charge on any atom is 0.420 e. The zero-order chi connectivity index (χ0) is 24.6. The summed E-state index contributed by atoms with van der Waals surface area (Å²) >= 11 is 6.63. The average molecular weight is 484 g/mol. The first-order valence-corrected chi connectivity index (χ1v) is 11.9. The molecule has 8 heteroatoms. The number of carbonyl (C=O) groups excluding carboxylic acids is 2. The number of imidazole rings is 1. The van der Waals surface area contributed by atoms with Gasteiger partial charge in [-0.3, -0.25) is 4.79 Å².